The fraction of sp³-hybridized carbons (Fsp3) is 0.240. The van der Waals surface area contributed by atoms with Crippen molar-refractivity contribution in [3.8, 4) is 0 Å². The molecular formula is C25H20F4N2O2. The summed E-state index contributed by atoms with van der Waals surface area (Å²) in [6.07, 6.45) is 1.55. The number of halogens is 4. The minimum absolute atomic E-state index is 0.118. The number of allylic oxidation sites excluding steroid dienone is 2. The third-order valence-electron chi connectivity index (χ3n) is 6.01. The first-order valence-electron chi connectivity index (χ1n) is 10.5. The second-order valence-corrected chi connectivity index (χ2v) is 8.24. The van der Waals surface area contributed by atoms with E-state index in [0.717, 1.165) is 23.3 Å². The lowest BCUT2D eigenvalue weighted by molar-refractivity contribution is -0.140. The van der Waals surface area contributed by atoms with Gasteiger partial charge in [0, 0.05) is 0 Å². The number of ether oxygens (including phenoxy) is 1. The van der Waals surface area contributed by atoms with Crippen molar-refractivity contribution in [2.75, 3.05) is 13.1 Å². The molecule has 1 saturated heterocycles. The molecule has 2 aromatic rings. The van der Waals surface area contributed by atoms with E-state index in [-0.39, 0.29) is 30.7 Å². The molecule has 1 N–H and O–H groups in total. The highest BCUT2D eigenvalue weighted by atomic mass is 19.4. The molecule has 8 heteroatoms. The van der Waals surface area contributed by atoms with E-state index in [1.165, 1.54) is 0 Å². The van der Waals surface area contributed by atoms with Crippen molar-refractivity contribution in [3.05, 3.63) is 106 Å². The zero-order valence-corrected chi connectivity index (χ0v) is 17.4. The van der Waals surface area contributed by atoms with Gasteiger partial charge in [-0.05, 0) is 34.4 Å². The zero-order chi connectivity index (χ0) is 23.2. The number of benzene rings is 2. The van der Waals surface area contributed by atoms with E-state index in [1.54, 1.807) is 35.2 Å². The van der Waals surface area contributed by atoms with E-state index >= 15 is 0 Å². The third kappa shape index (κ3) is 4.18. The van der Waals surface area contributed by atoms with Gasteiger partial charge in [-0.25, -0.2) is 9.18 Å². The fourth-order valence-electron chi connectivity index (χ4n) is 4.24. The number of carbonyl (C=O) groups is 1. The molecule has 3 aliphatic rings. The summed E-state index contributed by atoms with van der Waals surface area (Å²) in [6, 6.07) is 10.7. The summed E-state index contributed by atoms with van der Waals surface area (Å²) >= 11 is 0. The molecule has 2 aromatic carbocycles. The predicted molar refractivity (Wildman–Crippen MR) is 114 cm³/mol. The maximum Gasteiger partial charge on any atom is 0.416 e. The van der Waals surface area contributed by atoms with E-state index in [2.05, 4.69) is 5.32 Å². The van der Waals surface area contributed by atoms with E-state index in [4.69, 9.17) is 4.74 Å². The Labute approximate surface area is 187 Å². The van der Waals surface area contributed by atoms with Crippen LogP contribution in [0.2, 0.25) is 0 Å². The number of hydrogen-bond acceptors (Lipinski definition) is 2. The second-order valence-electron chi connectivity index (χ2n) is 8.24. The van der Waals surface area contributed by atoms with Gasteiger partial charge in [-0.1, -0.05) is 60.7 Å². The number of hydrogen-bond donors (Lipinski definition) is 1. The summed E-state index contributed by atoms with van der Waals surface area (Å²) in [6.45, 7) is 0.497. The zero-order valence-electron chi connectivity index (χ0n) is 17.4. The summed E-state index contributed by atoms with van der Waals surface area (Å²) in [5, 5.41) is 2.95. The number of nitrogens with zero attached hydrogens (tertiary/aromatic N) is 1. The topological polar surface area (TPSA) is 41.6 Å². The minimum atomic E-state index is -4.74. The number of urea groups is 1. The van der Waals surface area contributed by atoms with Crippen LogP contribution in [-0.2, 0) is 10.9 Å². The van der Waals surface area contributed by atoms with Crippen LogP contribution in [0, 0.1) is 5.82 Å². The summed E-state index contributed by atoms with van der Waals surface area (Å²) in [4.78, 5) is 14.1. The molecule has 33 heavy (non-hydrogen) atoms. The van der Waals surface area contributed by atoms with Crippen LogP contribution in [0.25, 0.3) is 0 Å². The summed E-state index contributed by atoms with van der Waals surface area (Å²) in [5.74, 6) is -0.967. The minimum Gasteiger partial charge on any atom is -0.362 e. The lowest BCUT2D eigenvalue weighted by Crippen LogP contribution is -2.60. The Hall–Kier alpha value is -3.39. The highest BCUT2D eigenvalue weighted by Crippen LogP contribution is 2.39. The summed E-state index contributed by atoms with van der Waals surface area (Å²) in [5.41, 5.74) is 1.36. The summed E-state index contributed by atoms with van der Waals surface area (Å²) in [7, 11) is 0. The van der Waals surface area contributed by atoms with Crippen molar-refractivity contribution in [2.24, 2.45) is 0 Å². The van der Waals surface area contributed by atoms with Crippen LogP contribution in [0.1, 0.15) is 22.8 Å². The van der Waals surface area contributed by atoms with Gasteiger partial charge in [0.2, 0.25) is 0 Å². The average Bonchev–Trinajstić information content (AvgIpc) is 2.77. The van der Waals surface area contributed by atoms with E-state index in [9.17, 15) is 22.4 Å². The number of likely N-dealkylation sites (tertiary alicyclic amines) is 1. The monoisotopic (exact) mass is 456 g/mol. The number of rotatable bonds is 5. The average molecular weight is 456 g/mol. The van der Waals surface area contributed by atoms with Crippen molar-refractivity contribution < 1.29 is 27.1 Å². The fourth-order valence-corrected chi connectivity index (χ4v) is 4.24. The van der Waals surface area contributed by atoms with Crippen LogP contribution >= 0.6 is 0 Å². The molecule has 1 fully saturated rings. The molecule has 4 nitrogen and oxygen atoms in total. The lowest BCUT2D eigenvalue weighted by atomic mass is 9.82. The molecule has 2 amide bonds. The third-order valence-corrected chi connectivity index (χ3v) is 6.01. The van der Waals surface area contributed by atoms with Gasteiger partial charge < -0.3 is 15.0 Å². The largest absolute Gasteiger partial charge is 0.416 e. The van der Waals surface area contributed by atoms with Gasteiger partial charge >= 0.3 is 12.2 Å². The molecule has 0 saturated carbocycles. The van der Waals surface area contributed by atoms with Gasteiger partial charge in [-0.2, -0.15) is 13.2 Å². The Bertz CT molecular complexity index is 1150. The van der Waals surface area contributed by atoms with Crippen LogP contribution in [0.15, 0.2) is 84.0 Å². The van der Waals surface area contributed by atoms with Crippen LogP contribution < -0.4 is 5.32 Å². The number of carbonyl (C=O) groups excluding carboxylic acids is 1. The van der Waals surface area contributed by atoms with Crippen molar-refractivity contribution >= 4 is 6.03 Å². The molecule has 0 spiro atoms. The Morgan fingerprint density at radius 3 is 2.48 bits per heavy atom. The van der Waals surface area contributed by atoms with Crippen molar-refractivity contribution in [3.63, 3.8) is 0 Å². The van der Waals surface area contributed by atoms with Gasteiger partial charge in [0.05, 0.1) is 30.8 Å². The smallest absolute Gasteiger partial charge is 0.362 e. The van der Waals surface area contributed by atoms with Gasteiger partial charge in [0.15, 0.2) is 0 Å². The Morgan fingerprint density at radius 1 is 1.09 bits per heavy atom. The standard InChI is InChI=1S/C25H20F4N2O2/c26-18-9-10-20(21(12-18)25(27,28)29)23(15-5-2-1-3-6-15)33-19-13-31(14-19)24(32)30-22-16-7-4-8-17(22)11-16/h1-12,19,22-23H,13-14H2,(H,30,32). The normalized spacial score (nSPS) is 20.4. The van der Waals surface area contributed by atoms with Crippen LogP contribution in [0.4, 0.5) is 22.4 Å². The maximum absolute atomic E-state index is 13.7. The molecule has 1 aliphatic heterocycles. The molecule has 0 aromatic heterocycles. The van der Waals surface area contributed by atoms with Crippen molar-refractivity contribution in [2.45, 2.75) is 24.4 Å². The SMILES string of the molecule is O=C(NC1c2cccc1c2)N1CC(OC(c2ccccc2)c2ccc(F)cc2C(F)(F)F)C1. The first kappa shape index (κ1) is 21.5. The van der Waals surface area contributed by atoms with E-state index in [0.29, 0.717) is 11.6 Å². The molecule has 1 heterocycles. The van der Waals surface area contributed by atoms with E-state index in [1.807, 2.05) is 24.3 Å². The quantitative estimate of drug-likeness (QED) is 0.633. The summed E-state index contributed by atoms with van der Waals surface area (Å²) < 4.78 is 60.7. The maximum atomic E-state index is 13.7. The number of nitrogens with one attached hydrogen (secondary N) is 1. The van der Waals surface area contributed by atoms with Crippen molar-refractivity contribution in [1.82, 2.24) is 10.2 Å². The Morgan fingerprint density at radius 2 is 1.85 bits per heavy atom. The van der Waals surface area contributed by atoms with Crippen LogP contribution in [0.3, 0.4) is 0 Å². The first-order valence-corrected chi connectivity index (χ1v) is 10.5. The van der Waals surface area contributed by atoms with Crippen molar-refractivity contribution in [1.29, 1.82) is 0 Å². The lowest BCUT2D eigenvalue weighted by Gasteiger charge is -2.42. The predicted octanol–water partition coefficient (Wildman–Crippen LogP) is 5.15. The first-order chi connectivity index (χ1) is 15.8. The Balaban J connectivity index is 1.30. The molecule has 2 unspecified atom stereocenters. The van der Waals surface area contributed by atoms with Gasteiger partial charge in [-0.15, -0.1) is 0 Å². The second kappa shape index (κ2) is 8.19. The van der Waals surface area contributed by atoms with E-state index < -0.39 is 29.8 Å². The number of alkyl halides is 3. The molecule has 170 valence electrons. The van der Waals surface area contributed by atoms with Crippen LogP contribution in [0.5, 0.6) is 0 Å². The van der Waals surface area contributed by atoms with Crippen LogP contribution in [-0.4, -0.2) is 36.2 Å². The molecular weight excluding hydrogens is 436 g/mol. The van der Waals surface area contributed by atoms with Gasteiger partial charge in [0.1, 0.15) is 11.9 Å². The molecule has 2 aliphatic carbocycles. The molecule has 2 atom stereocenters. The number of amides is 2. The highest BCUT2D eigenvalue weighted by molar-refractivity contribution is 5.78. The molecule has 2 bridgehead atoms. The molecule has 0 radical (unpaired) electrons. The molecule has 5 rings (SSSR count). The van der Waals surface area contributed by atoms with Gasteiger partial charge in [0.25, 0.3) is 0 Å². The number of fused-ring (bicyclic) bond motifs is 2. The Kier molecular flexibility index (Phi) is 5.32. The highest BCUT2D eigenvalue weighted by Gasteiger charge is 2.40. The van der Waals surface area contributed by atoms with Gasteiger partial charge in [-0.3, -0.25) is 0 Å².